The highest BCUT2D eigenvalue weighted by Crippen LogP contribution is 1.93. The average Bonchev–Trinajstić information content (AvgIpc) is 2.34. The standard InChI is InChI=1S/C11H14N4OS/c1-8(2)6-13-11(17)15-14-10(16)9-4-3-5-12-7-9/h3-5,7H,1,6H2,2H3,(H,14,16)(H2,13,15,17). The number of pyridine rings is 1. The van der Waals surface area contributed by atoms with Crippen LogP contribution in [0.3, 0.4) is 0 Å². The first kappa shape index (κ1) is 13.1. The van der Waals surface area contributed by atoms with Crippen LogP contribution in [0.15, 0.2) is 36.7 Å². The highest BCUT2D eigenvalue weighted by molar-refractivity contribution is 7.80. The van der Waals surface area contributed by atoms with E-state index >= 15 is 0 Å². The third kappa shape index (κ3) is 5.07. The molecule has 1 aromatic heterocycles. The van der Waals surface area contributed by atoms with E-state index in [1.54, 1.807) is 18.3 Å². The van der Waals surface area contributed by atoms with Crippen LogP contribution in [0.25, 0.3) is 0 Å². The molecule has 0 aliphatic rings. The fourth-order valence-electron chi connectivity index (χ4n) is 0.958. The molecule has 1 aromatic rings. The quantitative estimate of drug-likeness (QED) is 0.420. The van der Waals surface area contributed by atoms with Crippen molar-refractivity contribution in [2.75, 3.05) is 6.54 Å². The Morgan fingerprint density at radius 2 is 2.29 bits per heavy atom. The van der Waals surface area contributed by atoms with Crippen molar-refractivity contribution in [3.05, 3.63) is 42.2 Å². The minimum Gasteiger partial charge on any atom is -0.358 e. The van der Waals surface area contributed by atoms with E-state index in [9.17, 15) is 4.79 Å². The summed E-state index contributed by atoms with van der Waals surface area (Å²) in [5, 5.41) is 3.22. The van der Waals surface area contributed by atoms with Crippen LogP contribution in [-0.2, 0) is 0 Å². The Bertz CT molecular complexity index is 419. The van der Waals surface area contributed by atoms with Crippen LogP contribution in [0.1, 0.15) is 17.3 Å². The van der Waals surface area contributed by atoms with Gasteiger partial charge in [-0.3, -0.25) is 20.6 Å². The van der Waals surface area contributed by atoms with Gasteiger partial charge < -0.3 is 5.32 Å². The molecule has 0 aromatic carbocycles. The minimum absolute atomic E-state index is 0.294. The number of carbonyl (C=O) groups is 1. The van der Waals surface area contributed by atoms with Crippen LogP contribution < -0.4 is 16.2 Å². The van der Waals surface area contributed by atoms with Gasteiger partial charge >= 0.3 is 0 Å². The van der Waals surface area contributed by atoms with Gasteiger partial charge in [0.2, 0.25) is 0 Å². The summed E-state index contributed by atoms with van der Waals surface area (Å²) in [6.45, 7) is 6.17. The molecule has 0 radical (unpaired) electrons. The Balaban J connectivity index is 2.34. The smallest absolute Gasteiger partial charge is 0.271 e. The minimum atomic E-state index is -0.294. The van der Waals surface area contributed by atoms with Gasteiger partial charge in [0.1, 0.15) is 0 Å². The second-order valence-electron chi connectivity index (χ2n) is 3.46. The summed E-state index contributed by atoms with van der Waals surface area (Å²) in [7, 11) is 0. The Kier molecular flexibility index (Phi) is 5.09. The van der Waals surface area contributed by atoms with Crippen molar-refractivity contribution in [1.82, 2.24) is 21.2 Å². The predicted molar refractivity (Wildman–Crippen MR) is 70.3 cm³/mol. The fraction of sp³-hybridized carbons (Fsp3) is 0.182. The molecular formula is C11H14N4OS. The molecule has 0 saturated carbocycles. The zero-order valence-electron chi connectivity index (χ0n) is 9.49. The molecule has 0 bridgehead atoms. The first-order chi connectivity index (χ1) is 8.09. The molecule has 3 N–H and O–H groups in total. The number of nitrogens with one attached hydrogen (secondary N) is 3. The van der Waals surface area contributed by atoms with Gasteiger partial charge in [0.25, 0.3) is 5.91 Å². The predicted octanol–water partition coefficient (Wildman–Crippen LogP) is 0.767. The second-order valence-corrected chi connectivity index (χ2v) is 3.87. The maximum absolute atomic E-state index is 11.6. The molecule has 0 aliphatic heterocycles. The van der Waals surface area contributed by atoms with Gasteiger partial charge in [-0.05, 0) is 31.3 Å². The molecule has 5 nitrogen and oxygen atoms in total. The molecule has 6 heteroatoms. The van der Waals surface area contributed by atoms with Crippen LogP contribution >= 0.6 is 12.2 Å². The van der Waals surface area contributed by atoms with Crippen molar-refractivity contribution in [1.29, 1.82) is 0 Å². The first-order valence-corrected chi connectivity index (χ1v) is 5.39. The number of aromatic nitrogens is 1. The molecule has 1 rings (SSSR count). The molecule has 0 fully saturated rings. The maximum Gasteiger partial charge on any atom is 0.271 e. The normalized spacial score (nSPS) is 9.24. The van der Waals surface area contributed by atoms with Gasteiger partial charge in [0, 0.05) is 18.9 Å². The number of hydrogen-bond donors (Lipinski definition) is 3. The van der Waals surface area contributed by atoms with E-state index in [-0.39, 0.29) is 5.91 Å². The third-order valence-electron chi connectivity index (χ3n) is 1.76. The molecule has 0 spiro atoms. The first-order valence-electron chi connectivity index (χ1n) is 4.98. The van der Waals surface area contributed by atoms with E-state index in [4.69, 9.17) is 12.2 Å². The van der Waals surface area contributed by atoms with Gasteiger partial charge in [0.15, 0.2) is 5.11 Å². The van der Waals surface area contributed by atoms with Crippen LogP contribution in [0.2, 0.25) is 0 Å². The molecular weight excluding hydrogens is 236 g/mol. The summed E-state index contributed by atoms with van der Waals surface area (Å²) in [4.78, 5) is 15.4. The van der Waals surface area contributed by atoms with Crippen LogP contribution in [0.4, 0.5) is 0 Å². The van der Waals surface area contributed by atoms with Gasteiger partial charge in [-0.25, -0.2) is 0 Å². The van der Waals surface area contributed by atoms with Gasteiger partial charge in [-0.2, -0.15) is 0 Å². The van der Waals surface area contributed by atoms with Gasteiger partial charge in [-0.1, -0.05) is 12.2 Å². The van der Waals surface area contributed by atoms with E-state index in [0.717, 1.165) is 5.57 Å². The summed E-state index contributed by atoms with van der Waals surface area (Å²) in [6.07, 6.45) is 3.07. The van der Waals surface area contributed by atoms with Crippen molar-refractivity contribution < 1.29 is 4.79 Å². The number of nitrogens with zero attached hydrogens (tertiary/aromatic N) is 1. The largest absolute Gasteiger partial charge is 0.358 e. The fourth-order valence-corrected chi connectivity index (χ4v) is 1.08. The molecule has 17 heavy (non-hydrogen) atoms. The summed E-state index contributed by atoms with van der Waals surface area (Å²) in [5.41, 5.74) is 6.46. The lowest BCUT2D eigenvalue weighted by atomic mass is 10.3. The molecule has 0 unspecified atom stereocenters. The topological polar surface area (TPSA) is 66.0 Å². The van der Waals surface area contributed by atoms with E-state index in [1.165, 1.54) is 6.20 Å². The molecule has 1 amide bonds. The summed E-state index contributed by atoms with van der Waals surface area (Å²) < 4.78 is 0. The number of rotatable bonds is 3. The van der Waals surface area contributed by atoms with Crippen molar-refractivity contribution in [3.63, 3.8) is 0 Å². The zero-order valence-corrected chi connectivity index (χ0v) is 10.3. The number of hydrazine groups is 1. The van der Waals surface area contributed by atoms with E-state index in [2.05, 4.69) is 27.7 Å². The van der Waals surface area contributed by atoms with Crippen molar-refractivity contribution >= 4 is 23.2 Å². The summed E-state index contributed by atoms with van der Waals surface area (Å²) >= 11 is 4.95. The lowest BCUT2D eigenvalue weighted by Gasteiger charge is -2.11. The number of hydrogen-bond acceptors (Lipinski definition) is 3. The van der Waals surface area contributed by atoms with Crippen molar-refractivity contribution in [2.24, 2.45) is 0 Å². The monoisotopic (exact) mass is 250 g/mol. The van der Waals surface area contributed by atoms with Crippen LogP contribution in [0.5, 0.6) is 0 Å². The average molecular weight is 250 g/mol. The summed E-state index contributed by atoms with van der Waals surface area (Å²) in [6, 6.07) is 3.35. The van der Waals surface area contributed by atoms with Crippen molar-refractivity contribution in [2.45, 2.75) is 6.92 Å². The SMILES string of the molecule is C=C(C)CNC(=S)NNC(=O)c1cccnc1. The highest BCUT2D eigenvalue weighted by Gasteiger charge is 2.04. The Hall–Kier alpha value is -1.95. The van der Waals surface area contributed by atoms with E-state index in [1.807, 2.05) is 6.92 Å². The van der Waals surface area contributed by atoms with Crippen LogP contribution in [0, 0.1) is 0 Å². The number of carbonyl (C=O) groups excluding carboxylic acids is 1. The lowest BCUT2D eigenvalue weighted by Crippen LogP contribution is -2.47. The third-order valence-corrected chi connectivity index (χ3v) is 2.01. The molecule has 0 saturated heterocycles. The van der Waals surface area contributed by atoms with Crippen LogP contribution in [-0.4, -0.2) is 22.5 Å². The second kappa shape index (κ2) is 6.59. The molecule has 1 heterocycles. The van der Waals surface area contributed by atoms with Gasteiger partial charge in [-0.15, -0.1) is 0 Å². The van der Waals surface area contributed by atoms with E-state index < -0.39 is 0 Å². The van der Waals surface area contributed by atoms with E-state index in [0.29, 0.717) is 17.2 Å². The highest BCUT2D eigenvalue weighted by atomic mass is 32.1. The Morgan fingerprint density at radius 3 is 2.88 bits per heavy atom. The maximum atomic E-state index is 11.6. The lowest BCUT2D eigenvalue weighted by molar-refractivity contribution is 0.0943. The molecule has 0 atom stereocenters. The van der Waals surface area contributed by atoms with Gasteiger partial charge in [0.05, 0.1) is 5.56 Å². The molecule has 90 valence electrons. The summed E-state index contributed by atoms with van der Waals surface area (Å²) in [5.74, 6) is -0.294. The number of thiocarbonyl (C=S) groups is 1. The molecule has 0 aliphatic carbocycles. The number of amides is 1. The van der Waals surface area contributed by atoms with Crippen molar-refractivity contribution in [3.8, 4) is 0 Å². The Morgan fingerprint density at radius 1 is 1.53 bits per heavy atom. The Labute approximate surface area is 105 Å². The zero-order chi connectivity index (χ0) is 12.7.